The summed E-state index contributed by atoms with van der Waals surface area (Å²) in [5.74, 6) is 0.267. The van der Waals surface area contributed by atoms with E-state index in [2.05, 4.69) is 26.6 Å². The zero-order valence-corrected chi connectivity index (χ0v) is 19.1. The van der Waals surface area contributed by atoms with Crippen LogP contribution >= 0.6 is 12.2 Å². The van der Waals surface area contributed by atoms with E-state index < -0.39 is 18.4 Å². The Labute approximate surface area is 200 Å². The molecule has 2 atom stereocenters. The standard InChI is InChI=1S/C23H24F2N6O2S/c1-2-33-19-11-7-6-10-16(19)28-23(34)30-29-22(32)15-13-26-31-18(20(24)25)12-17(27-21(15)31)14-8-4-3-5-9-14/h3-11,13,17-18,20,27H,2,12H2,1H3,(H,29,32)(H2,28,30,34). The molecule has 0 saturated carbocycles. The van der Waals surface area contributed by atoms with Gasteiger partial charge in [-0.2, -0.15) is 5.10 Å². The number of thiocarbonyl (C=S) groups is 1. The predicted molar refractivity (Wildman–Crippen MR) is 129 cm³/mol. The summed E-state index contributed by atoms with van der Waals surface area (Å²) in [7, 11) is 0. The topological polar surface area (TPSA) is 92.2 Å². The smallest absolute Gasteiger partial charge is 0.275 e. The molecule has 0 bridgehead atoms. The average molecular weight is 487 g/mol. The average Bonchev–Trinajstić information content (AvgIpc) is 3.28. The SMILES string of the molecule is CCOc1ccccc1NC(=S)NNC(=O)c1cnn2c1NC(c1ccccc1)CC2C(F)F. The molecule has 8 nitrogen and oxygen atoms in total. The Hall–Kier alpha value is -3.73. The molecule has 3 aromatic rings. The van der Waals surface area contributed by atoms with Crippen LogP contribution in [0.5, 0.6) is 5.75 Å². The summed E-state index contributed by atoms with van der Waals surface area (Å²) in [6.45, 7) is 2.36. The van der Waals surface area contributed by atoms with Gasteiger partial charge in [-0.05, 0) is 43.3 Å². The van der Waals surface area contributed by atoms with Crippen LogP contribution in [0.4, 0.5) is 20.3 Å². The van der Waals surface area contributed by atoms with Gasteiger partial charge in [0.15, 0.2) is 5.11 Å². The molecule has 1 aliphatic rings. The molecule has 4 rings (SSSR count). The van der Waals surface area contributed by atoms with E-state index in [0.717, 1.165) is 5.56 Å². The van der Waals surface area contributed by atoms with Crippen molar-refractivity contribution in [3.05, 3.63) is 71.9 Å². The maximum Gasteiger partial charge on any atom is 0.275 e. The number of hydrazine groups is 1. The van der Waals surface area contributed by atoms with Crippen molar-refractivity contribution < 1.29 is 18.3 Å². The number of benzene rings is 2. The highest BCUT2D eigenvalue weighted by molar-refractivity contribution is 7.80. The second kappa shape index (κ2) is 10.5. The fraction of sp³-hybridized carbons (Fsp3) is 0.261. The molecule has 2 aromatic carbocycles. The van der Waals surface area contributed by atoms with Gasteiger partial charge in [-0.3, -0.25) is 15.6 Å². The van der Waals surface area contributed by atoms with Crippen LogP contribution in [-0.4, -0.2) is 33.8 Å². The summed E-state index contributed by atoms with van der Waals surface area (Å²) >= 11 is 5.26. The molecule has 178 valence electrons. The molecule has 0 fully saturated rings. The second-order valence-electron chi connectivity index (χ2n) is 7.56. The third-order valence-corrected chi connectivity index (χ3v) is 5.56. The van der Waals surface area contributed by atoms with Crippen LogP contribution in [0.1, 0.15) is 41.3 Å². The van der Waals surface area contributed by atoms with Crippen LogP contribution < -0.4 is 26.2 Å². The van der Waals surface area contributed by atoms with Gasteiger partial charge in [-0.1, -0.05) is 42.5 Å². The van der Waals surface area contributed by atoms with Gasteiger partial charge in [-0.25, -0.2) is 13.5 Å². The molecule has 11 heteroatoms. The number of fused-ring (bicyclic) bond motifs is 1. The Morgan fingerprint density at radius 1 is 1.21 bits per heavy atom. The molecule has 2 heterocycles. The van der Waals surface area contributed by atoms with E-state index in [9.17, 15) is 13.6 Å². The van der Waals surface area contributed by atoms with Gasteiger partial charge in [0.1, 0.15) is 23.2 Å². The summed E-state index contributed by atoms with van der Waals surface area (Å²) in [5.41, 5.74) is 6.72. The van der Waals surface area contributed by atoms with Crippen molar-refractivity contribution >= 4 is 34.7 Å². The summed E-state index contributed by atoms with van der Waals surface area (Å²) in [6.07, 6.45) is -1.23. The first-order valence-electron chi connectivity index (χ1n) is 10.7. The van der Waals surface area contributed by atoms with Crippen molar-refractivity contribution in [1.82, 2.24) is 20.6 Å². The normalized spacial score (nSPS) is 16.8. The number of hydrogen-bond acceptors (Lipinski definition) is 5. The minimum atomic E-state index is -2.64. The van der Waals surface area contributed by atoms with Gasteiger partial charge in [0.05, 0.1) is 24.5 Å². The lowest BCUT2D eigenvalue weighted by Gasteiger charge is -2.32. The summed E-state index contributed by atoms with van der Waals surface area (Å²) in [5, 5.41) is 10.3. The molecule has 0 aliphatic carbocycles. The lowest BCUT2D eigenvalue weighted by atomic mass is 9.97. The maximum absolute atomic E-state index is 13.8. The molecule has 2 unspecified atom stereocenters. The Morgan fingerprint density at radius 2 is 1.94 bits per heavy atom. The number of nitrogens with one attached hydrogen (secondary N) is 4. The van der Waals surface area contributed by atoms with Crippen LogP contribution in [0.25, 0.3) is 0 Å². The highest BCUT2D eigenvalue weighted by Gasteiger charge is 2.36. The van der Waals surface area contributed by atoms with Gasteiger partial charge >= 0.3 is 0 Å². The molecular weight excluding hydrogens is 462 g/mol. The van der Waals surface area contributed by atoms with E-state index in [1.165, 1.54) is 10.9 Å². The first kappa shape index (κ1) is 23.4. The van der Waals surface area contributed by atoms with Crippen molar-refractivity contribution in [3.8, 4) is 5.75 Å². The molecule has 4 N–H and O–H groups in total. The van der Waals surface area contributed by atoms with Crippen molar-refractivity contribution in [2.24, 2.45) is 0 Å². The van der Waals surface area contributed by atoms with E-state index in [1.54, 1.807) is 12.1 Å². The number of aromatic nitrogens is 2. The molecule has 1 aromatic heterocycles. The van der Waals surface area contributed by atoms with E-state index in [-0.39, 0.29) is 29.0 Å². The molecule has 0 spiro atoms. The van der Waals surface area contributed by atoms with Crippen LogP contribution in [0.15, 0.2) is 60.8 Å². The molecule has 1 aliphatic heterocycles. The van der Waals surface area contributed by atoms with Crippen LogP contribution in [-0.2, 0) is 0 Å². The maximum atomic E-state index is 13.8. The van der Waals surface area contributed by atoms with Crippen molar-refractivity contribution in [2.45, 2.75) is 31.9 Å². The number of alkyl halides is 2. The number of anilines is 2. The van der Waals surface area contributed by atoms with Gasteiger partial charge in [0, 0.05) is 0 Å². The third kappa shape index (κ3) is 5.09. The number of rotatable bonds is 6. The minimum absolute atomic E-state index is 0.122. The summed E-state index contributed by atoms with van der Waals surface area (Å²) < 4.78 is 34.3. The number of carbonyl (C=O) groups excluding carboxylic acids is 1. The summed E-state index contributed by atoms with van der Waals surface area (Å²) in [6, 6.07) is 14.9. The largest absolute Gasteiger partial charge is 0.492 e. The Balaban J connectivity index is 1.46. The third-order valence-electron chi connectivity index (χ3n) is 5.36. The van der Waals surface area contributed by atoms with Crippen LogP contribution in [0, 0.1) is 0 Å². The lowest BCUT2D eigenvalue weighted by Crippen LogP contribution is -2.44. The molecule has 1 amide bonds. The van der Waals surface area contributed by atoms with Gasteiger partial charge < -0.3 is 15.4 Å². The quantitative estimate of drug-likeness (QED) is 0.305. The fourth-order valence-corrected chi connectivity index (χ4v) is 3.95. The van der Waals surface area contributed by atoms with E-state index in [4.69, 9.17) is 17.0 Å². The number of nitrogens with zero attached hydrogens (tertiary/aromatic N) is 2. The fourth-order valence-electron chi connectivity index (χ4n) is 3.79. The highest BCUT2D eigenvalue weighted by atomic mass is 32.1. The molecule has 0 saturated heterocycles. The Bertz CT molecular complexity index is 1160. The first-order chi connectivity index (χ1) is 16.5. The van der Waals surface area contributed by atoms with Crippen molar-refractivity contribution in [1.29, 1.82) is 0 Å². The zero-order chi connectivity index (χ0) is 24.1. The van der Waals surface area contributed by atoms with Gasteiger partial charge in [0.25, 0.3) is 12.3 Å². The van der Waals surface area contributed by atoms with E-state index >= 15 is 0 Å². The van der Waals surface area contributed by atoms with Crippen LogP contribution in [0.2, 0.25) is 0 Å². The van der Waals surface area contributed by atoms with Crippen molar-refractivity contribution in [2.75, 3.05) is 17.2 Å². The first-order valence-corrected chi connectivity index (χ1v) is 11.1. The van der Waals surface area contributed by atoms with Crippen LogP contribution in [0.3, 0.4) is 0 Å². The van der Waals surface area contributed by atoms with E-state index in [0.29, 0.717) is 18.0 Å². The lowest BCUT2D eigenvalue weighted by molar-refractivity contribution is 0.0656. The van der Waals surface area contributed by atoms with Crippen molar-refractivity contribution in [3.63, 3.8) is 0 Å². The number of ether oxygens (including phenoxy) is 1. The second-order valence-corrected chi connectivity index (χ2v) is 7.97. The Kier molecular flexibility index (Phi) is 7.21. The minimum Gasteiger partial charge on any atom is -0.492 e. The zero-order valence-electron chi connectivity index (χ0n) is 18.3. The number of halogens is 2. The predicted octanol–water partition coefficient (Wildman–Crippen LogP) is 4.28. The highest BCUT2D eigenvalue weighted by Crippen LogP contribution is 2.39. The van der Waals surface area contributed by atoms with Gasteiger partial charge in [-0.15, -0.1) is 0 Å². The number of carbonyl (C=O) groups is 1. The molecular formula is C23H24F2N6O2S. The van der Waals surface area contributed by atoms with E-state index in [1.807, 2.05) is 49.4 Å². The number of amides is 1. The number of para-hydroxylation sites is 2. The monoisotopic (exact) mass is 486 g/mol. The Morgan fingerprint density at radius 3 is 2.68 bits per heavy atom. The molecule has 34 heavy (non-hydrogen) atoms. The molecule has 0 radical (unpaired) electrons. The summed E-state index contributed by atoms with van der Waals surface area (Å²) in [4.78, 5) is 12.9. The number of hydrogen-bond donors (Lipinski definition) is 4. The van der Waals surface area contributed by atoms with Gasteiger partial charge in [0.2, 0.25) is 0 Å².